The zero-order valence-corrected chi connectivity index (χ0v) is 15.7. The van der Waals surface area contributed by atoms with Gasteiger partial charge >= 0.3 is 0 Å². The molecule has 2 aromatic heterocycles. The third-order valence-electron chi connectivity index (χ3n) is 3.56. The van der Waals surface area contributed by atoms with E-state index in [0.717, 1.165) is 0 Å². The van der Waals surface area contributed by atoms with Crippen LogP contribution in [0, 0.1) is 0 Å². The van der Waals surface area contributed by atoms with Gasteiger partial charge in [0.2, 0.25) is 5.95 Å². The molecule has 7 nitrogen and oxygen atoms in total. The Bertz CT molecular complexity index is 937. The molecule has 9 heteroatoms. The summed E-state index contributed by atoms with van der Waals surface area (Å²) in [6.07, 6.45) is 2.97. The number of halogens is 2. The number of carbonyl (C=O) groups is 1. The molecular weight excluding hydrogens is 377 g/mol. The quantitative estimate of drug-likeness (QED) is 0.584. The van der Waals surface area contributed by atoms with Crippen molar-refractivity contribution in [1.29, 1.82) is 0 Å². The minimum Gasteiger partial charge on any atom is -0.493 e. The number of ether oxygens (including phenoxy) is 1. The molecule has 0 aliphatic carbocycles. The lowest BCUT2D eigenvalue weighted by atomic mass is 10.1. The second-order valence-electron chi connectivity index (χ2n) is 5.35. The fraction of sp³-hybridized carbons (Fsp3) is 0.235. The van der Waals surface area contributed by atoms with Crippen LogP contribution in [0.1, 0.15) is 24.2 Å². The molecule has 0 fully saturated rings. The molecule has 3 aromatic rings. The normalized spacial score (nSPS) is 10.8. The lowest BCUT2D eigenvalue weighted by Crippen LogP contribution is -2.23. The average molecular weight is 394 g/mol. The summed E-state index contributed by atoms with van der Waals surface area (Å²) in [6, 6.07) is 3.43. The van der Waals surface area contributed by atoms with Crippen molar-refractivity contribution in [1.82, 2.24) is 20.3 Å². The Morgan fingerprint density at radius 2 is 1.96 bits per heavy atom. The Morgan fingerprint density at radius 1 is 1.23 bits per heavy atom. The van der Waals surface area contributed by atoms with Crippen LogP contribution in [0.15, 0.2) is 24.5 Å². The monoisotopic (exact) mass is 393 g/mol. The summed E-state index contributed by atoms with van der Waals surface area (Å²) in [4.78, 5) is 23.8. The average Bonchev–Trinajstić information content (AvgIpc) is 2.99. The molecule has 1 aromatic carbocycles. The number of aromatic amines is 1. The van der Waals surface area contributed by atoms with Crippen LogP contribution in [0.4, 0.5) is 11.6 Å². The molecular formula is C17H17Cl2N5O2. The van der Waals surface area contributed by atoms with E-state index in [1.807, 2.05) is 13.8 Å². The summed E-state index contributed by atoms with van der Waals surface area (Å²) in [5.41, 5.74) is 2.26. The second-order valence-corrected chi connectivity index (χ2v) is 6.16. The fourth-order valence-electron chi connectivity index (χ4n) is 2.45. The first kappa shape index (κ1) is 18.3. The minimum atomic E-state index is -0.206. The summed E-state index contributed by atoms with van der Waals surface area (Å²) in [7, 11) is 0. The number of H-pyrrole nitrogens is 1. The number of anilines is 2. The van der Waals surface area contributed by atoms with Crippen molar-refractivity contribution in [2.45, 2.75) is 13.8 Å². The Balaban J connectivity index is 2.01. The van der Waals surface area contributed by atoms with Gasteiger partial charge in [-0.15, -0.1) is 0 Å². The van der Waals surface area contributed by atoms with Crippen LogP contribution in [0.25, 0.3) is 11.0 Å². The summed E-state index contributed by atoms with van der Waals surface area (Å²) < 4.78 is 5.59. The van der Waals surface area contributed by atoms with Crippen molar-refractivity contribution in [2.75, 3.05) is 18.5 Å². The number of benzene rings is 1. The first-order valence-electron chi connectivity index (χ1n) is 8.04. The molecule has 0 bridgehead atoms. The van der Waals surface area contributed by atoms with Gasteiger partial charge < -0.3 is 20.4 Å². The number of carbonyl (C=O) groups excluding carboxylic acids is 1. The standard InChI is InChI=1S/C17H17Cl2N5O2/c1-3-21-16(25)9-5-12-13(6-14(9)26-4-2)23-17(22-12)24-15-10(18)7-20-8-11(15)19/h5-8H,3-4H2,1-2H3,(H,21,25)(H2,20,22,23,24). The SMILES string of the molecule is CCNC(=O)c1cc2[nH]c(Nc3c(Cl)cncc3Cl)nc2cc1OCC. The van der Waals surface area contributed by atoms with Crippen LogP contribution in [0.3, 0.4) is 0 Å². The van der Waals surface area contributed by atoms with Gasteiger partial charge in [-0.25, -0.2) is 4.98 Å². The highest BCUT2D eigenvalue weighted by molar-refractivity contribution is 6.39. The van der Waals surface area contributed by atoms with Crippen LogP contribution in [-0.2, 0) is 0 Å². The Hall–Kier alpha value is -2.51. The van der Waals surface area contributed by atoms with E-state index < -0.39 is 0 Å². The summed E-state index contributed by atoms with van der Waals surface area (Å²) in [6.45, 7) is 4.68. The number of rotatable bonds is 6. The second kappa shape index (κ2) is 7.80. The molecule has 136 valence electrons. The number of hydrogen-bond acceptors (Lipinski definition) is 5. The van der Waals surface area contributed by atoms with E-state index in [-0.39, 0.29) is 5.91 Å². The largest absolute Gasteiger partial charge is 0.493 e. The number of aromatic nitrogens is 3. The highest BCUT2D eigenvalue weighted by Gasteiger charge is 2.16. The van der Waals surface area contributed by atoms with Gasteiger partial charge in [0.25, 0.3) is 5.91 Å². The zero-order chi connectivity index (χ0) is 18.7. The molecule has 0 spiro atoms. The van der Waals surface area contributed by atoms with E-state index in [1.54, 1.807) is 12.1 Å². The number of amides is 1. The van der Waals surface area contributed by atoms with E-state index in [1.165, 1.54) is 12.4 Å². The van der Waals surface area contributed by atoms with Gasteiger partial charge in [0.05, 0.1) is 38.9 Å². The van der Waals surface area contributed by atoms with E-state index in [4.69, 9.17) is 27.9 Å². The maximum Gasteiger partial charge on any atom is 0.255 e. The molecule has 0 aliphatic heterocycles. The van der Waals surface area contributed by atoms with E-state index in [2.05, 4.69) is 25.6 Å². The number of hydrogen-bond donors (Lipinski definition) is 3. The molecule has 3 rings (SSSR count). The van der Waals surface area contributed by atoms with Gasteiger partial charge in [-0.2, -0.15) is 0 Å². The number of fused-ring (bicyclic) bond motifs is 1. The Kier molecular flexibility index (Phi) is 5.49. The number of nitrogens with zero attached hydrogens (tertiary/aromatic N) is 2. The smallest absolute Gasteiger partial charge is 0.255 e. The maximum absolute atomic E-state index is 12.3. The van der Waals surface area contributed by atoms with Crippen molar-refractivity contribution in [2.24, 2.45) is 0 Å². The van der Waals surface area contributed by atoms with Gasteiger partial charge in [-0.3, -0.25) is 9.78 Å². The molecule has 1 amide bonds. The molecule has 0 saturated heterocycles. The third-order valence-corrected chi connectivity index (χ3v) is 4.13. The zero-order valence-electron chi connectivity index (χ0n) is 14.2. The van der Waals surface area contributed by atoms with E-state index in [0.29, 0.717) is 57.2 Å². The van der Waals surface area contributed by atoms with Gasteiger partial charge in [0.1, 0.15) is 5.75 Å². The van der Waals surface area contributed by atoms with Crippen molar-refractivity contribution >= 4 is 51.8 Å². The summed E-state index contributed by atoms with van der Waals surface area (Å²) in [5.74, 6) is 0.705. The van der Waals surface area contributed by atoms with Crippen LogP contribution in [0.5, 0.6) is 5.75 Å². The third kappa shape index (κ3) is 3.68. The van der Waals surface area contributed by atoms with E-state index in [9.17, 15) is 4.79 Å². The first-order valence-corrected chi connectivity index (χ1v) is 8.79. The Labute approximate surface area is 160 Å². The Morgan fingerprint density at radius 3 is 2.62 bits per heavy atom. The number of nitrogens with one attached hydrogen (secondary N) is 3. The van der Waals surface area contributed by atoms with Gasteiger partial charge in [-0.05, 0) is 19.9 Å². The molecule has 3 N–H and O–H groups in total. The molecule has 0 aliphatic rings. The van der Waals surface area contributed by atoms with Crippen LogP contribution >= 0.6 is 23.2 Å². The highest BCUT2D eigenvalue weighted by atomic mass is 35.5. The maximum atomic E-state index is 12.3. The number of pyridine rings is 1. The van der Waals surface area contributed by atoms with Crippen molar-refractivity contribution in [3.63, 3.8) is 0 Å². The predicted octanol–water partition coefficient (Wildman–Crippen LogP) is 4.16. The summed E-state index contributed by atoms with van der Waals surface area (Å²) >= 11 is 12.2. The van der Waals surface area contributed by atoms with Crippen LogP contribution in [0.2, 0.25) is 10.0 Å². The van der Waals surface area contributed by atoms with Gasteiger partial charge in [-0.1, -0.05) is 23.2 Å². The van der Waals surface area contributed by atoms with Gasteiger partial charge in [0, 0.05) is 25.0 Å². The van der Waals surface area contributed by atoms with Crippen LogP contribution in [-0.4, -0.2) is 34.0 Å². The molecule has 0 unspecified atom stereocenters. The summed E-state index contributed by atoms with van der Waals surface area (Å²) in [5, 5.41) is 6.56. The van der Waals surface area contributed by atoms with Crippen molar-refractivity contribution in [3.05, 3.63) is 40.1 Å². The minimum absolute atomic E-state index is 0.206. The molecule has 0 saturated carbocycles. The molecule has 26 heavy (non-hydrogen) atoms. The lowest BCUT2D eigenvalue weighted by molar-refractivity contribution is 0.0952. The van der Waals surface area contributed by atoms with Crippen molar-refractivity contribution < 1.29 is 9.53 Å². The molecule has 2 heterocycles. The topological polar surface area (TPSA) is 91.9 Å². The highest BCUT2D eigenvalue weighted by Crippen LogP contribution is 2.32. The van der Waals surface area contributed by atoms with Crippen molar-refractivity contribution in [3.8, 4) is 5.75 Å². The van der Waals surface area contributed by atoms with Gasteiger partial charge in [0.15, 0.2) is 0 Å². The number of imidazole rings is 1. The fourth-order valence-corrected chi connectivity index (χ4v) is 2.91. The first-order chi connectivity index (χ1) is 12.5. The molecule has 0 radical (unpaired) electrons. The molecule has 0 atom stereocenters. The van der Waals surface area contributed by atoms with E-state index >= 15 is 0 Å². The predicted molar refractivity (Wildman–Crippen MR) is 103 cm³/mol. The lowest BCUT2D eigenvalue weighted by Gasteiger charge is -2.09. The van der Waals surface area contributed by atoms with Crippen LogP contribution < -0.4 is 15.4 Å².